The van der Waals surface area contributed by atoms with Gasteiger partial charge in [0.15, 0.2) is 5.82 Å². The molecule has 30 heavy (non-hydrogen) atoms. The zero-order valence-electron chi connectivity index (χ0n) is 17.1. The number of benzene rings is 2. The van der Waals surface area contributed by atoms with Gasteiger partial charge in [0.1, 0.15) is 18.2 Å². The zero-order chi connectivity index (χ0) is 21.1. The molecule has 1 amide bonds. The third kappa shape index (κ3) is 4.29. The van der Waals surface area contributed by atoms with Crippen molar-refractivity contribution in [3.05, 3.63) is 48.3 Å². The molecule has 8 heteroatoms. The number of aromatic nitrogens is 2. The molecule has 3 aromatic rings. The van der Waals surface area contributed by atoms with Crippen LogP contribution in [-0.2, 0) is 9.53 Å². The van der Waals surface area contributed by atoms with Gasteiger partial charge in [-0.25, -0.2) is 9.07 Å². The summed E-state index contributed by atoms with van der Waals surface area (Å²) in [6.07, 6.45) is 0.681. The van der Waals surface area contributed by atoms with Crippen LogP contribution in [0.3, 0.4) is 0 Å². The number of nitrogens with zero attached hydrogens (tertiary/aromatic N) is 3. The number of rotatable bonds is 7. The lowest BCUT2D eigenvalue weighted by Gasteiger charge is -2.13. The van der Waals surface area contributed by atoms with Crippen molar-refractivity contribution in [2.24, 2.45) is 5.92 Å². The van der Waals surface area contributed by atoms with E-state index in [0.29, 0.717) is 48.9 Å². The number of carbonyl (C=O) groups excluding carboxylic acids is 1. The van der Waals surface area contributed by atoms with E-state index in [1.807, 2.05) is 37.2 Å². The van der Waals surface area contributed by atoms with Gasteiger partial charge in [-0.3, -0.25) is 4.79 Å². The molecule has 0 spiro atoms. The number of hydrogen-bond donors (Lipinski definition) is 1. The molecule has 1 aliphatic heterocycles. The lowest BCUT2D eigenvalue weighted by atomic mass is 10.1. The molecule has 4 rings (SSSR count). The maximum absolute atomic E-state index is 13.8. The van der Waals surface area contributed by atoms with Gasteiger partial charge in [-0.05, 0) is 50.8 Å². The molecule has 0 bridgehead atoms. The van der Waals surface area contributed by atoms with Crippen LogP contribution in [0.15, 0.2) is 42.5 Å². The maximum Gasteiger partial charge on any atom is 0.231 e. The summed E-state index contributed by atoms with van der Waals surface area (Å²) in [5.74, 6) is 0.312. The van der Waals surface area contributed by atoms with Crippen LogP contribution in [0.5, 0.6) is 5.75 Å². The molecule has 1 fully saturated rings. The summed E-state index contributed by atoms with van der Waals surface area (Å²) in [5.41, 5.74) is 1.29. The van der Waals surface area contributed by atoms with E-state index in [1.54, 1.807) is 16.8 Å². The Labute approximate surface area is 174 Å². The monoisotopic (exact) mass is 412 g/mol. The topological polar surface area (TPSA) is 68.6 Å². The molecule has 7 nitrogen and oxygen atoms in total. The highest BCUT2D eigenvalue weighted by Crippen LogP contribution is 2.34. The van der Waals surface area contributed by atoms with Crippen LogP contribution in [0, 0.1) is 11.7 Å². The van der Waals surface area contributed by atoms with E-state index in [2.05, 4.69) is 10.4 Å². The number of amides is 1. The van der Waals surface area contributed by atoms with Crippen LogP contribution in [0.1, 0.15) is 6.42 Å². The minimum absolute atomic E-state index is 0.138. The summed E-state index contributed by atoms with van der Waals surface area (Å²) in [4.78, 5) is 14.8. The fourth-order valence-electron chi connectivity index (χ4n) is 3.45. The third-order valence-electron chi connectivity index (χ3n) is 5.06. The predicted molar refractivity (Wildman–Crippen MR) is 113 cm³/mol. The summed E-state index contributed by atoms with van der Waals surface area (Å²) < 4.78 is 26.8. The molecule has 0 saturated carbocycles. The number of likely N-dealkylation sites (N-methyl/N-ethyl adjacent to an activating group) is 1. The van der Waals surface area contributed by atoms with Crippen molar-refractivity contribution in [1.29, 1.82) is 0 Å². The molecule has 158 valence electrons. The largest absolute Gasteiger partial charge is 0.491 e. The molecule has 1 aliphatic rings. The standard InChI is InChI=1S/C22H25FN4O3/c1-26(2)10-12-30-19-8-4-7-18-20(19)21(24-22(28)15-9-11-29-14-15)25-27(18)17-6-3-5-16(23)13-17/h3-8,13,15H,9-12,14H2,1-2H3,(H,24,25,28). The van der Waals surface area contributed by atoms with Crippen LogP contribution in [0.25, 0.3) is 16.6 Å². The number of hydrogen-bond acceptors (Lipinski definition) is 5. The predicted octanol–water partition coefficient (Wildman–Crippen LogP) is 3.08. The molecule has 1 unspecified atom stereocenters. The number of ether oxygens (including phenoxy) is 2. The summed E-state index contributed by atoms with van der Waals surface area (Å²) in [6, 6.07) is 11.8. The van der Waals surface area contributed by atoms with Crippen molar-refractivity contribution >= 4 is 22.6 Å². The maximum atomic E-state index is 13.8. The van der Waals surface area contributed by atoms with Gasteiger partial charge >= 0.3 is 0 Å². The number of anilines is 1. The number of halogens is 1. The van der Waals surface area contributed by atoms with Crippen molar-refractivity contribution in [2.45, 2.75) is 6.42 Å². The Hall–Kier alpha value is -2.97. The van der Waals surface area contributed by atoms with Gasteiger partial charge in [-0.15, -0.1) is 5.10 Å². The highest BCUT2D eigenvalue weighted by Gasteiger charge is 2.26. The number of nitrogens with one attached hydrogen (secondary N) is 1. The summed E-state index contributed by atoms with van der Waals surface area (Å²) in [7, 11) is 3.95. The molecule has 1 N–H and O–H groups in total. The van der Waals surface area contributed by atoms with Crippen LogP contribution in [0.4, 0.5) is 10.2 Å². The summed E-state index contributed by atoms with van der Waals surface area (Å²) in [5, 5.41) is 8.23. The lowest BCUT2D eigenvalue weighted by Crippen LogP contribution is -2.23. The third-order valence-corrected chi connectivity index (χ3v) is 5.06. The van der Waals surface area contributed by atoms with Gasteiger partial charge in [0.05, 0.1) is 29.1 Å². The SMILES string of the molecule is CN(C)CCOc1cccc2c1c(NC(=O)C1CCOC1)nn2-c1cccc(F)c1. The molecular weight excluding hydrogens is 387 g/mol. The zero-order valence-corrected chi connectivity index (χ0v) is 17.1. The van der Waals surface area contributed by atoms with Crippen molar-refractivity contribution in [1.82, 2.24) is 14.7 Å². The van der Waals surface area contributed by atoms with E-state index in [4.69, 9.17) is 9.47 Å². The Morgan fingerprint density at radius 3 is 2.90 bits per heavy atom. The van der Waals surface area contributed by atoms with Gasteiger partial charge in [0, 0.05) is 13.2 Å². The molecular formula is C22H25FN4O3. The minimum Gasteiger partial charge on any atom is -0.491 e. The summed E-state index contributed by atoms with van der Waals surface area (Å²) >= 11 is 0. The quantitative estimate of drug-likeness (QED) is 0.646. The molecule has 0 aliphatic carbocycles. The molecule has 1 saturated heterocycles. The Morgan fingerprint density at radius 2 is 2.17 bits per heavy atom. The van der Waals surface area contributed by atoms with Crippen molar-refractivity contribution in [3.63, 3.8) is 0 Å². The second-order valence-corrected chi connectivity index (χ2v) is 7.59. The van der Waals surface area contributed by atoms with E-state index < -0.39 is 0 Å². The first-order valence-corrected chi connectivity index (χ1v) is 9.97. The highest BCUT2D eigenvalue weighted by molar-refractivity contribution is 6.04. The van der Waals surface area contributed by atoms with E-state index in [-0.39, 0.29) is 17.6 Å². The first-order chi connectivity index (χ1) is 14.5. The van der Waals surface area contributed by atoms with Crippen molar-refractivity contribution in [2.75, 3.05) is 45.8 Å². The molecule has 1 aromatic heterocycles. The molecule has 0 radical (unpaired) electrons. The molecule has 2 aromatic carbocycles. The molecule has 2 heterocycles. The van der Waals surface area contributed by atoms with Crippen LogP contribution >= 0.6 is 0 Å². The first kappa shape index (κ1) is 20.3. The fourth-order valence-corrected chi connectivity index (χ4v) is 3.45. The Kier molecular flexibility index (Phi) is 5.96. The number of carbonyl (C=O) groups is 1. The number of fused-ring (bicyclic) bond motifs is 1. The van der Waals surface area contributed by atoms with Gasteiger partial charge in [0.25, 0.3) is 0 Å². The van der Waals surface area contributed by atoms with Gasteiger partial charge in [-0.1, -0.05) is 12.1 Å². The van der Waals surface area contributed by atoms with Crippen molar-refractivity contribution in [3.8, 4) is 11.4 Å². The normalized spacial score (nSPS) is 16.3. The van der Waals surface area contributed by atoms with E-state index in [1.165, 1.54) is 12.1 Å². The second kappa shape index (κ2) is 8.81. The average molecular weight is 412 g/mol. The Bertz CT molecular complexity index is 1040. The fraction of sp³-hybridized carbons (Fsp3) is 0.364. The second-order valence-electron chi connectivity index (χ2n) is 7.59. The Balaban J connectivity index is 1.75. The van der Waals surface area contributed by atoms with Gasteiger partial charge in [0.2, 0.25) is 5.91 Å². The highest BCUT2D eigenvalue weighted by atomic mass is 19.1. The first-order valence-electron chi connectivity index (χ1n) is 9.97. The van der Waals surface area contributed by atoms with E-state index >= 15 is 0 Å². The van der Waals surface area contributed by atoms with Crippen LogP contribution < -0.4 is 10.1 Å². The molecule has 1 atom stereocenters. The van der Waals surface area contributed by atoms with Crippen molar-refractivity contribution < 1.29 is 18.7 Å². The van der Waals surface area contributed by atoms with E-state index in [0.717, 1.165) is 12.1 Å². The van der Waals surface area contributed by atoms with Gasteiger partial charge in [-0.2, -0.15) is 0 Å². The lowest BCUT2D eigenvalue weighted by molar-refractivity contribution is -0.119. The smallest absolute Gasteiger partial charge is 0.231 e. The average Bonchev–Trinajstić information content (AvgIpc) is 3.37. The van der Waals surface area contributed by atoms with Crippen LogP contribution in [-0.4, -0.2) is 61.0 Å². The van der Waals surface area contributed by atoms with E-state index in [9.17, 15) is 9.18 Å². The summed E-state index contributed by atoms with van der Waals surface area (Å²) in [6.45, 7) is 2.21. The minimum atomic E-state index is -0.358. The Morgan fingerprint density at radius 1 is 1.33 bits per heavy atom. The van der Waals surface area contributed by atoms with Gasteiger partial charge < -0.3 is 19.7 Å². The van der Waals surface area contributed by atoms with Crippen LogP contribution in [0.2, 0.25) is 0 Å².